The summed E-state index contributed by atoms with van der Waals surface area (Å²) in [5.41, 5.74) is 1.21. The molecule has 92 valence electrons. The zero-order valence-electron chi connectivity index (χ0n) is 10.1. The third-order valence-electron chi connectivity index (χ3n) is 3.52. The van der Waals surface area contributed by atoms with Crippen LogP contribution in [-0.4, -0.2) is 23.7 Å². The fourth-order valence-electron chi connectivity index (χ4n) is 2.27. The average Bonchev–Trinajstić information content (AvgIpc) is 2.37. The van der Waals surface area contributed by atoms with Crippen molar-refractivity contribution in [3.63, 3.8) is 0 Å². The minimum atomic E-state index is -0.818. The van der Waals surface area contributed by atoms with Crippen molar-refractivity contribution < 1.29 is 14.6 Å². The van der Waals surface area contributed by atoms with Gasteiger partial charge >= 0.3 is 5.97 Å². The quantitative estimate of drug-likeness (QED) is 0.844. The van der Waals surface area contributed by atoms with Gasteiger partial charge in [-0.25, -0.2) is 4.79 Å². The first kappa shape index (κ1) is 11.8. The average molecular weight is 235 g/mol. The second-order valence-corrected chi connectivity index (χ2v) is 4.39. The SMILES string of the molecule is CCC1(C(=O)O)CCc2cc(OC)ccc2N1. The van der Waals surface area contributed by atoms with Gasteiger partial charge in [0.25, 0.3) is 0 Å². The van der Waals surface area contributed by atoms with Gasteiger partial charge < -0.3 is 15.2 Å². The Kier molecular flexibility index (Phi) is 2.96. The van der Waals surface area contributed by atoms with Crippen molar-refractivity contribution in [2.45, 2.75) is 31.7 Å². The van der Waals surface area contributed by atoms with E-state index in [4.69, 9.17) is 4.74 Å². The molecule has 2 N–H and O–H groups in total. The van der Waals surface area contributed by atoms with Gasteiger partial charge in [-0.3, -0.25) is 0 Å². The van der Waals surface area contributed by atoms with Gasteiger partial charge in [0.05, 0.1) is 7.11 Å². The van der Waals surface area contributed by atoms with E-state index in [0.717, 1.165) is 23.4 Å². The molecule has 1 unspecified atom stereocenters. The number of benzene rings is 1. The minimum absolute atomic E-state index is 0.577. The molecule has 0 amide bonds. The van der Waals surface area contributed by atoms with Gasteiger partial charge in [-0.05, 0) is 43.0 Å². The van der Waals surface area contributed by atoms with E-state index in [1.54, 1.807) is 7.11 Å². The monoisotopic (exact) mass is 235 g/mol. The van der Waals surface area contributed by atoms with Gasteiger partial charge in [0.15, 0.2) is 0 Å². The van der Waals surface area contributed by atoms with E-state index in [2.05, 4.69) is 5.32 Å². The summed E-state index contributed by atoms with van der Waals surface area (Å²) in [6.45, 7) is 1.90. The zero-order valence-corrected chi connectivity index (χ0v) is 10.1. The fraction of sp³-hybridized carbons (Fsp3) is 0.462. The second kappa shape index (κ2) is 4.28. The van der Waals surface area contributed by atoms with Gasteiger partial charge in [0.2, 0.25) is 0 Å². The summed E-state index contributed by atoms with van der Waals surface area (Å²) in [5.74, 6) is 0.0336. The number of nitrogens with one attached hydrogen (secondary N) is 1. The predicted octanol–water partition coefficient (Wildman–Crippen LogP) is 2.29. The van der Waals surface area contributed by atoms with Crippen molar-refractivity contribution in [1.82, 2.24) is 0 Å². The molecule has 17 heavy (non-hydrogen) atoms. The van der Waals surface area contributed by atoms with Gasteiger partial charge in [-0.2, -0.15) is 0 Å². The molecule has 1 aliphatic rings. The molecule has 0 spiro atoms. The summed E-state index contributed by atoms with van der Waals surface area (Å²) in [5, 5.41) is 12.5. The van der Waals surface area contributed by atoms with Crippen molar-refractivity contribution in [2.75, 3.05) is 12.4 Å². The Morgan fingerprint density at radius 1 is 1.59 bits per heavy atom. The molecule has 1 aromatic rings. The summed E-state index contributed by atoms with van der Waals surface area (Å²) >= 11 is 0. The van der Waals surface area contributed by atoms with E-state index < -0.39 is 11.5 Å². The summed E-state index contributed by atoms with van der Waals surface area (Å²) in [4.78, 5) is 11.4. The molecule has 4 heteroatoms. The highest BCUT2D eigenvalue weighted by Crippen LogP contribution is 2.34. The maximum Gasteiger partial charge on any atom is 0.329 e. The van der Waals surface area contributed by atoms with Crippen molar-refractivity contribution in [1.29, 1.82) is 0 Å². The Hall–Kier alpha value is -1.71. The normalized spacial score (nSPS) is 22.5. The first-order valence-electron chi connectivity index (χ1n) is 5.80. The van der Waals surface area contributed by atoms with Crippen LogP contribution in [0.25, 0.3) is 0 Å². The Labute approximate surface area is 101 Å². The molecular formula is C13H17NO3. The third kappa shape index (κ3) is 1.95. The van der Waals surface area contributed by atoms with Crippen LogP contribution in [0.2, 0.25) is 0 Å². The standard InChI is InChI=1S/C13H17NO3/c1-3-13(12(15)16)7-6-9-8-10(17-2)4-5-11(9)14-13/h4-5,8,14H,3,6-7H2,1-2H3,(H,15,16). The lowest BCUT2D eigenvalue weighted by Crippen LogP contribution is -2.48. The number of carboxylic acids is 1. The lowest BCUT2D eigenvalue weighted by Gasteiger charge is -2.35. The highest BCUT2D eigenvalue weighted by Gasteiger charge is 2.39. The van der Waals surface area contributed by atoms with E-state index in [1.165, 1.54) is 0 Å². The molecule has 1 atom stereocenters. The van der Waals surface area contributed by atoms with Crippen LogP contribution in [0.4, 0.5) is 5.69 Å². The van der Waals surface area contributed by atoms with Gasteiger partial charge in [0.1, 0.15) is 11.3 Å². The lowest BCUT2D eigenvalue weighted by molar-refractivity contribution is -0.142. The van der Waals surface area contributed by atoms with Crippen LogP contribution >= 0.6 is 0 Å². The first-order chi connectivity index (χ1) is 8.11. The smallest absolute Gasteiger partial charge is 0.329 e. The van der Waals surface area contributed by atoms with Crippen molar-refractivity contribution >= 4 is 11.7 Å². The summed E-state index contributed by atoms with van der Waals surface area (Å²) in [6, 6.07) is 5.70. The van der Waals surface area contributed by atoms with Gasteiger partial charge in [-0.1, -0.05) is 6.92 Å². The molecule has 1 heterocycles. The number of methoxy groups -OCH3 is 1. The van der Waals surface area contributed by atoms with E-state index in [1.807, 2.05) is 25.1 Å². The fourth-order valence-corrected chi connectivity index (χ4v) is 2.27. The van der Waals surface area contributed by atoms with Crippen LogP contribution in [-0.2, 0) is 11.2 Å². The molecule has 0 bridgehead atoms. The molecule has 0 aliphatic carbocycles. The topological polar surface area (TPSA) is 58.6 Å². The number of rotatable bonds is 3. The number of hydrogen-bond donors (Lipinski definition) is 2. The number of fused-ring (bicyclic) bond motifs is 1. The molecule has 1 aliphatic heterocycles. The summed E-state index contributed by atoms with van der Waals surface area (Å²) in [7, 11) is 1.63. The Morgan fingerprint density at radius 2 is 2.35 bits per heavy atom. The highest BCUT2D eigenvalue weighted by molar-refractivity contribution is 5.84. The number of carboxylic acid groups (broad SMARTS) is 1. The molecule has 0 aromatic heterocycles. The van der Waals surface area contributed by atoms with Gasteiger partial charge in [0, 0.05) is 5.69 Å². The van der Waals surface area contributed by atoms with Crippen LogP contribution in [0.5, 0.6) is 5.75 Å². The van der Waals surface area contributed by atoms with Crippen LogP contribution in [0, 0.1) is 0 Å². The maximum absolute atomic E-state index is 11.4. The van der Waals surface area contributed by atoms with Crippen molar-refractivity contribution in [3.05, 3.63) is 23.8 Å². The Balaban J connectivity index is 2.33. The van der Waals surface area contributed by atoms with Crippen LogP contribution < -0.4 is 10.1 Å². The molecular weight excluding hydrogens is 218 g/mol. The van der Waals surface area contributed by atoms with E-state index >= 15 is 0 Å². The lowest BCUT2D eigenvalue weighted by atomic mass is 9.84. The number of aliphatic carboxylic acids is 1. The molecule has 0 saturated carbocycles. The third-order valence-corrected chi connectivity index (χ3v) is 3.52. The van der Waals surface area contributed by atoms with Gasteiger partial charge in [-0.15, -0.1) is 0 Å². The molecule has 0 fully saturated rings. The summed E-state index contributed by atoms with van der Waals surface area (Å²) in [6.07, 6.45) is 1.95. The van der Waals surface area contributed by atoms with Crippen LogP contribution in [0.15, 0.2) is 18.2 Å². The first-order valence-corrected chi connectivity index (χ1v) is 5.80. The Morgan fingerprint density at radius 3 is 2.94 bits per heavy atom. The minimum Gasteiger partial charge on any atom is -0.497 e. The number of anilines is 1. The van der Waals surface area contributed by atoms with E-state index in [-0.39, 0.29) is 0 Å². The molecule has 0 radical (unpaired) electrons. The number of hydrogen-bond acceptors (Lipinski definition) is 3. The summed E-state index contributed by atoms with van der Waals surface area (Å²) < 4.78 is 5.16. The largest absolute Gasteiger partial charge is 0.497 e. The van der Waals surface area contributed by atoms with Crippen LogP contribution in [0.3, 0.4) is 0 Å². The number of carbonyl (C=O) groups is 1. The maximum atomic E-state index is 11.4. The van der Waals surface area contributed by atoms with Crippen molar-refractivity contribution in [2.24, 2.45) is 0 Å². The second-order valence-electron chi connectivity index (χ2n) is 4.39. The zero-order chi connectivity index (χ0) is 12.5. The molecule has 1 aromatic carbocycles. The molecule has 0 saturated heterocycles. The number of aryl methyl sites for hydroxylation is 1. The Bertz CT molecular complexity index is 444. The predicted molar refractivity (Wildman–Crippen MR) is 65.6 cm³/mol. The van der Waals surface area contributed by atoms with Crippen LogP contribution in [0.1, 0.15) is 25.3 Å². The van der Waals surface area contributed by atoms with Crippen molar-refractivity contribution in [3.8, 4) is 5.75 Å². The highest BCUT2D eigenvalue weighted by atomic mass is 16.5. The van der Waals surface area contributed by atoms with E-state index in [9.17, 15) is 9.90 Å². The molecule has 2 rings (SSSR count). The molecule has 4 nitrogen and oxygen atoms in total. The van der Waals surface area contributed by atoms with E-state index in [0.29, 0.717) is 12.8 Å². The number of ether oxygens (including phenoxy) is 1.